The average Bonchev–Trinajstić information content (AvgIpc) is 3.08. The first-order valence-electron chi connectivity index (χ1n) is 8.65. The molecule has 2 N–H and O–H groups in total. The summed E-state index contributed by atoms with van der Waals surface area (Å²) >= 11 is 0. The fraction of sp³-hybridized carbons (Fsp3) is 0.278. The number of hydrogen-bond donors (Lipinski definition) is 2. The molecular weight excluding hydrogens is 405 g/mol. The van der Waals surface area contributed by atoms with Crippen molar-refractivity contribution in [1.29, 1.82) is 5.26 Å². The van der Waals surface area contributed by atoms with Gasteiger partial charge in [-0.2, -0.15) is 23.4 Å². The minimum Gasteiger partial charge on any atom is -0.463 e. The van der Waals surface area contributed by atoms with Crippen LogP contribution in [0.5, 0.6) is 0 Å². The highest BCUT2D eigenvalue weighted by Crippen LogP contribution is 2.36. The number of nitrogens with zero attached hydrogens (tertiary/aromatic N) is 4. The molecule has 0 fully saturated rings. The third-order valence-corrected chi connectivity index (χ3v) is 4.19. The molecule has 1 atom stereocenters. The van der Waals surface area contributed by atoms with Crippen LogP contribution in [0.25, 0.3) is 0 Å². The Hall–Kier alpha value is -3.88. The molecule has 156 valence electrons. The summed E-state index contributed by atoms with van der Waals surface area (Å²) in [4.78, 5) is 27.7. The maximum absolute atomic E-state index is 12.6. The van der Waals surface area contributed by atoms with E-state index in [1.165, 1.54) is 16.8 Å². The van der Waals surface area contributed by atoms with Crippen LogP contribution in [-0.2, 0) is 14.3 Å². The number of carbonyl (C=O) groups excluding carboxylic acids is 2. The Bertz CT molecular complexity index is 1070. The molecule has 1 aromatic carbocycles. The van der Waals surface area contributed by atoms with Crippen molar-refractivity contribution >= 4 is 23.8 Å². The van der Waals surface area contributed by atoms with E-state index in [1.54, 1.807) is 31.3 Å². The molecule has 0 aliphatic carbocycles. The number of rotatable bonds is 4. The number of amides is 1. The first-order valence-corrected chi connectivity index (χ1v) is 8.65. The van der Waals surface area contributed by atoms with Gasteiger partial charge in [0, 0.05) is 5.70 Å². The summed E-state index contributed by atoms with van der Waals surface area (Å²) in [5.41, 5.74) is 1.41. The molecule has 12 heteroatoms. The Labute approximate surface area is 168 Å². The molecule has 2 aromatic rings. The van der Waals surface area contributed by atoms with Gasteiger partial charge in [-0.3, -0.25) is 10.1 Å². The van der Waals surface area contributed by atoms with E-state index < -0.39 is 30.0 Å². The van der Waals surface area contributed by atoms with Crippen LogP contribution >= 0.6 is 0 Å². The molecule has 0 saturated carbocycles. The number of benzene rings is 1. The number of allylic oxidation sites excluding steroid dienone is 1. The molecule has 30 heavy (non-hydrogen) atoms. The summed E-state index contributed by atoms with van der Waals surface area (Å²) in [6, 6.07) is 7.29. The molecule has 1 amide bonds. The molecule has 1 aliphatic rings. The Morgan fingerprint density at radius 2 is 2.00 bits per heavy atom. The fourth-order valence-electron chi connectivity index (χ4n) is 2.90. The van der Waals surface area contributed by atoms with Gasteiger partial charge in [0.2, 0.25) is 5.95 Å². The number of carbonyl (C=O) groups is 2. The van der Waals surface area contributed by atoms with Crippen molar-refractivity contribution in [3.63, 3.8) is 0 Å². The lowest BCUT2D eigenvalue weighted by atomic mass is 9.95. The van der Waals surface area contributed by atoms with Crippen LogP contribution in [0.2, 0.25) is 0 Å². The van der Waals surface area contributed by atoms with Crippen LogP contribution in [0.4, 0.5) is 25.1 Å². The Morgan fingerprint density at radius 1 is 1.33 bits per heavy atom. The highest BCUT2D eigenvalue weighted by atomic mass is 19.4. The standard InChI is InChI=1S/C18H15F3N6O3/c1-3-30-14(28)12-9(2)23-17-25-16(24-15(29)18(19,20)21)26-27(17)13(12)11-6-4-10(8-22)5-7-11/h4-7,13H,3H2,1-2H3,(H2,23,24,25,26,29). The smallest absolute Gasteiger partial charge is 0.463 e. The largest absolute Gasteiger partial charge is 0.471 e. The number of hydrogen-bond acceptors (Lipinski definition) is 7. The zero-order valence-corrected chi connectivity index (χ0v) is 15.7. The second-order valence-electron chi connectivity index (χ2n) is 6.18. The molecule has 1 aromatic heterocycles. The van der Waals surface area contributed by atoms with E-state index in [-0.39, 0.29) is 18.1 Å². The normalized spacial score (nSPS) is 15.7. The summed E-state index contributed by atoms with van der Waals surface area (Å²) in [5, 5.41) is 17.3. The van der Waals surface area contributed by atoms with Crippen molar-refractivity contribution in [2.24, 2.45) is 0 Å². The first kappa shape index (κ1) is 20.8. The molecule has 0 bridgehead atoms. The minimum atomic E-state index is -5.12. The molecular formula is C18H15F3N6O3. The summed E-state index contributed by atoms with van der Waals surface area (Å²) in [6.45, 7) is 3.31. The lowest BCUT2D eigenvalue weighted by molar-refractivity contribution is -0.167. The highest BCUT2D eigenvalue weighted by molar-refractivity contribution is 5.94. The maximum Gasteiger partial charge on any atom is 0.471 e. The molecule has 2 heterocycles. The molecule has 0 spiro atoms. The number of aromatic nitrogens is 3. The molecule has 0 saturated heterocycles. The number of fused-ring (bicyclic) bond motifs is 1. The van der Waals surface area contributed by atoms with Gasteiger partial charge in [0.15, 0.2) is 0 Å². The van der Waals surface area contributed by atoms with Crippen molar-refractivity contribution in [2.75, 3.05) is 17.2 Å². The van der Waals surface area contributed by atoms with Crippen LogP contribution in [0.15, 0.2) is 35.5 Å². The summed E-state index contributed by atoms with van der Waals surface area (Å²) in [5.74, 6) is -3.45. The molecule has 9 nitrogen and oxygen atoms in total. The van der Waals surface area contributed by atoms with Gasteiger partial charge in [0.25, 0.3) is 5.95 Å². The second-order valence-corrected chi connectivity index (χ2v) is 6.18. The Morgan fingerprint density at radius 3 is 2.57 bits per heavy atom. The monoisotopic (exact) mass is 420 g/mol. The van der Waals surface area contributed by atoms with Crippen LogP contribution < -0.4 is 10.6 Å². The predicted molar refractivity (Wildman–Crippen MR) is 97.0 cm³/mol. The van der Waals surface area contributed by atoms with Crippen molar-refractivity contribution in [2.45, 2.75) is 26.1 Å². The van der Waals surface area contributed by atoms with Crippen molar-refractivity contribution in [3.05, 3.63) is 46.7 Å². The quantitative estimate of drug-likeness (QED) is 0.729. The van der Waals surface area contributed by atoms with E-state index in [0.29, 0.717) is 16.8 Å². The van der Waals surface area contributed by atoms with Crippen molar-refractivity contribution in [3.8, 4) is 6.07 Å². The SMILES string of the molecule is CCOC(=O)C1=C(C)Nc2nc(NC(=O)C(F)(F)F)nn2C1c1ccc(C#N)cc1. The number of alkyl halides is 3. The third-order valence-electron chi connectivity index (χ3n) is 4.19. The fourth-order valence-corrected chi connectivity index (χ4v) is 2.90. The van der Waals surface area contributed by atoms with E-state index in [4.69, 9.17) is 10.00 Å². The zero-order chi connectivity index (χ0) is 22.1. The van der Waals surface area contributed by atoms with Crippen molar-refractivity contribution < 1.29 is 27.5 Å². The van der Waals surface area contributed by atoms with Gasteiger partial charge in [-0.1, -0.05) is 12.1 Å². The number of nitriles is 1. The van der Waals surface area contributed by atoms with Gasteiger partial charge in [-0.05, 0) is 31.5 Å². The van der Waals surface area contributed by atoms with E-state index in [2.05, 4.69) is 15.4 Å². The zero-order valence-electron chi connectivity index (χ0n) is 15.7. The summed E-state index contributed by atoms with van der Waals surface area (Å²) in [6.07, 6.45) is -5.12. The highest BCUT2D eigenvalue weighted by Gasteiger charge is 2.40. The molecule has 1 aliphatic heterocycles. The van der Waals surface area contributed by atoms with Crippen molar-refractivity contribution in [1.82, 2.24) is 14.8 Å². The first-order chi connectivity index (χ1) is 14.2. The number of esters is 1. The minimum absolute atomic E-state index is 0.0207. The van der Waals surface area contributed by atoms with E-state index in [1.807, 2.05) is 6.07 Å². The lowest BCUT2D eigenvalue weighted by Crippen LogP contribution is -2.31. The average molecular weight is 420 g/mol. The van der Waals surface area contributed by atoms with Gasteiger partial charge >= 0.3 is 18.1 Å². The van der Waals surface area contributed by atoms with Gasteiger partial charge in [-0.15, -0.1) is 5.10 Å². The molecule has 0 radical (unpaired) electrons. The Balaban J connectivity index is 2.08. The van der Waals surface area contributed by atoms with Gasteiger partial charge < -0.3 is 10.1 Å². The molecule has 1 unspecified atom stereocenters. The van der Waals surface area contributed by atoms with Crippen LogP contribution in [-0.4, -0.2) is 39.4 Å². The second kappa shape index (κ2) is 7.86. The van der Waals surface area contributed by atoms with Gasteiger partial charge in [0.05, 0.1) is 23.8 Å². The molecule has 3 rings (SSSR count). The lowest BCUT2D eigenvalue weighted by Gasteiger charge is -2.28. The maximum atomic E-state index is 12.6. The summed E-state index contributed by atoms with van der Waals surface area (Å²) < 4.78 is 44.0. The van der Waals surface area contributed by atoms with Crippen LogP contribution in [0.3, 0.4) is 0 Å². The van der Waals surface area contributed by atoms with Gasteiger partial charge in [0.1, 0.15) is 6.04 Å². The summed E-state index contributed by atoms with van der Waals surface area (Å²) in [7, 11) is 0. The van der Waals surface area contributed by atoms with E-state index in [0.717, 1.165) is 0 Å². The topological polar surface area (TPSA) is 122 Å². The third kappa shape index (κ3) is 3.95. The van der Waals surface area contributed by atoms with Crippen LogP contribution in [0, 0.1) is 11.3 Å². The number of ether oxygens (including phenoxy) is 1. The van der Waals surface area contributed by atoms with Crippen LogP contribution in [0.1, 0.15) is 31.0 Å². The number of anilines is 2. The van der Waals surface area contributed by atoms with E-state index in [9.17, 15) is 22.8 Å². The predicted octanol–water partition coefficient (Wildman–Crippen LogP) is 2.50. The number of nitrogens with one attached hydrogen (secondary N) is 2. The van der Waals surface area contributed by atoms with E-state index >= 15 is 0 Å². The Kier molecular flexibility index (Phi) is 5.46. The van der Waals surface area contributed by atoms with Gasteiger partial charge in [-0.25, -0.2) is 9.48 Å². The number of halogens is 3.